The van der Waals surface area contributed by atoms with Gasteiger partial charge in [-0.3, -0.25) is 0 Å². The summed E-state index contributed by atoms with van der Waals surface area (Å²) in [5.74, 6) is 0. The van der Waals surface area contributed by atoms with Crippen LogP contribution in [0.2, 0.25) is 0 Å². The minimum Gasteiger partial charge on any atom is -0.338 e. The number of benzene rings is 1. The minimum absolute atomic E-state index is 0.0524. The summed E-state index contributed by atoms with van der Waals surface area (Å²) in [7, 11) is 0. The maximum absolute atomic E-state index is 11.6. The van der Waals surface area contributed by atoms with Crippen LogP contribution in [0.25, 0.3) is 0 Å². The Hall–Kier alpha value is -1.33. The van der Waals surface area contributed by atoms with E-state index < -0.39 is 0 Å². The molecule has 0 bridgehead atoms. The largest absolute Gasteiger partial charge is 0.338 e. The van der Waals surface area contributed by atoms with E-state index in [1.807, 2.05) is 24.3 Å². The van der Waals surface area contributed by atoms with Gasteiger partial charge in [-0.05, 0) is 43.5 Å². The molecule has 1 unspecified atom stereocenters. The van der Waals surface area contributed by atoms with Gasteiger partial charge in [0.05, 0.1) is 0 Å². The first-order valence-electron chi connectivity index (χ1n) is 6.30. The fraction of sp³-hybridized carbons (Fsp3) is 0.357. The smallest absolute Gasteiger partial charge is 0.319 e. The van der Waals surface area contributed by atoms with E-state index in [-0.39, 0.29) is 12.1 Å². The van der Waals surface area contributed by atoms with Gasteiger partial charge in [0.15, 0.2) is 0 Å². The predicted molar refractivity (Wildman–Crippen MR) is 83.2 cm³/mol. The van der Waals surface area contributed by atoms with Gasteiger partial charge >= 0.3 is 6.03 Å². The van der Waals surface area contributed by atoms with E-state index in [1.165, 1.54) is 0 Å². The second-order valence-electron chi connectivity index (χ2n) is 4.28. The number of hydrogen-bond donors (Lipinski definition) is 3. The molecule has 5 heteroatoms. The van der Waals surface area contributed by atoms with Crippen molar-refractivity contribution in [1.82, 2.24) is 5.32 Å². The molecule has 0 aliphatic carbocycles. The van der Waals surface area contributed by atoms with Gasteiger partial charge in [0.1, 0.15) is 0 Å². The SMILES string of the molecule is C=CC(N)CCCCNC(=O)Nc1ccc(Br)cc1. The van der Waals surface area contributed by atoms with Crippen LogP contribution < -0.4 is 16.4 Å². The van der Waals surface area contributed by atoms with Crippen molar-refractivity contribution in [1.29, 1.82) is 0 Å². The van der Waals surface area contributed by atoms with E-state index in [0.717, 1.165) is 29.4 Å². The van der Waals surface area contributed by atoms with Crippen LogP contribution in [-0.2, 0) is 0 Å². The predicted octanol–water partition coefficient (Wildman–Crippen LogP) is 3.25. The molecule has 1 aromatic carbocycles. The summed E-state index contributed by atoms with van der Waals surface area (Å²) >= 11 is 3.34. The van der Waals surface area contributed by atoms with E-state index in [9.17, 15) is 4.79 Å². The van der Waals surface area contributed by atoms with Gasteiger partial charge in [0, 0.05) is 22.7 Å². The fourth-order valence-electron chi connectivity index (χ4n) is 1.53. The quantitative estimate of drug-likeness (QED) is 0.532. The van der Waals surface area contributed by atoms with Crippen molar-refractivity contribution in [2.45, 2.75) is 25.3 Å². The number of hydrogen-bond acceptors (Lipinski definition) is 2. The lowest BCUT2D eigenvalue weighted by Gasteiger charge is -2.08. The van der Waals surface area contributed by atoms with E-state index in [4.69, 9.17) is 5.73 Å². The van der Waals surface area contributed by atoms with Crippen molar-refractivity contribution >= 4 is 27.6 Å². The highest BCUT2D eigenvalue weighted by Crippen LogP contribution is 2.13. The van der Waals surface area contributed by atoms with Gasteiger partial charge in [0.25, 0.3) is 0 Å². The van der Waals surface area contributed by atoms with Crippen LogP contribution in [0.1, 0.15) is 19.3 Å². The van der Waals surface area contributed by atoms with E-state index in [0.29, 0.717) is 6.54 Å². The molecule has 1 aromatic rings. The molecular formula is C14H20BrN3O. The number of halogens is 1. The zero-order valence-corrected chi connectivity index (χ0v) is 12.4. The van der Waals surface area contributed by atoms with Crippen molar-refractivity contribution in [2.24, 2.45) is 5.73 Å². The third kappa shape index (κ3) is 6.98. The topological polar surface area (TPSA) is 67.1 Å². The average molecular weight is 326 g/mol. The van der Waals surface area contributed by atoms with Crippen LogP contribution in [0.5, 0.6) is 0 Å². The lowest BCUT2D eigenvalue weighted by Crippen LogP contribution is -2.29. The van der Waals surface area contributed by atoms with Gasteiger partial charge in [0.2, 0.25) is 0 Å². The molecule has 0 aliphatic heterocycles. The van der Waals surface area contributed by atoms with Crippen molar-refractivity contribution < 1.29 is 4.79 Å². The first kappa shape index (κ1) is 15.7. The molecule has 1 atom stereocenters. The summed E-state index contributed by atoms with van der Waals surface area (Å²) in [6, 6.07) is 7.31. The van der Waals surface area contributed by atoms with Crippen LogP contribution in [0.4, 0.5) is 10.5 Å². The zero-order chi connectivity index (χ0) is 14.1. The Balaban J connectivity index is 2.14. The molecule has 0 fully saturated rings. The zero-order valence-electron chi connectivity index (χ0n) is 10.9. The molecule has 4 N–H and O–H groups in total. The van der Waals surface area contributed by atoms with Crippen LogP contribution in [-0.4, -0.2) is 18.6 Å². The molecule has 19 heavy (non-hydrogen) atoms. The minimum atomic E-state index is -0.185. The van der Waals surface area contributed by atoms with Gasteiger partial charge in [-0.25, -0.2) is 4.79 Å². The Labute approximate surface area is 122 Å². The first-order valence-corrected chi connectivity index (χ1v) is 7.09. The number of anilines is 1. The number of rotatable bonds is 7. The number of nitrogens with two attached hydrogens (primary N) is 1. The molecule has 0 aliphatic rings. The Morgan fingerprint density at radius 3 is 2.68 bits per heavy atom. The van der Waals surface area contributed by atoms with Gasteiger partial charge in [-0.2, -0.15) is 0 Å². The monoisotopic (exact) mass is 325 g/mol. The third-order valence-electron chi connectivity index (χ3n) is 2.65. The Morgan fingerprint density at radius 1 is 1.37 bits per heavy atom. The average Bonchev–Trinajstić information content (AvgIpc) is 2.40. The number of amides is 2. The van der Waals surface area contributed by atoms with Gasteiger partial charge < -0.3 is 16.4 Å². The Kier molecular flexibility index (Phi) is 7.22. The molecule has 0 radical (unpaired) electrons. The van der Waals surface area contributed by atoms with E-state index >= 15 is 0 Å². The molecule has 0 aromatic heterocycles. The molecule has 0 saturated heterocycles. The number of carbonyl (C=O) groups is 1. The first-order chi connectivity index (χ1) is 9.11. The molecule has 0 spiro atoms. The van der Waals surface area contributed by atoms with Gasteiger partial charge in [-0.15, -0.1) is 6.58 Å². The third-order valence-corrected chi connectivity index (χ3v) is 3.18. The maximum Gasteiger partial charge on any atom is 0.319 e. The molecule has 1 rings (SSSR count). The summed E-state index contributed by atoms with van der Waals surface area (Å²) in [6.07, 6.45) is 4.54. The van der Waals surface area contributed by atoms with Crippen molar-refractivity contribution in [3.8, 4) is 0 Å². The molecule has 2 amide bonds. The van der Waals surface area contributed by atoms with Crippen LogP contribution in [0.15, 0.2) is 41.4 Å². The molecule has 0 heterocycles. The van der Waals surface area contributed by atoms with Crippen LogP contribution >= 0.6 is 15.9 Å². The maximum atomic E-state index is 11.6. The van der Waals surface area contributed by atoms with E-state index in [1.54, 1.807) is 6.08 Å². The van der Waals surface area contributed by atoms with E-state index in [2.05, 4.69) is 33.1 Å². The number of unbranched alkanes of at least 4 members (excludes halogenated alkanes) is 1. The number of nitrogens with one attached hydrogen (secondary N) is 2. The summed E-state index contributed by atoms with van der Waals surface area (Å²) in [5.41, 5.74) is 6.48. The summed E-state index contributed by atoms with van der Waals surface area (Å²) in [4.78, 5) is 11.6. The fourth-order valence-corrected chi connectivity index (χ4v) is 1.80. The second kappa shape index (κ2) is 8.72. The van der Waals surface area contributed by atoms with Crippen molar-refractivity contribution in [3.05, 3.63) is 41.4 Å². The highest BCUT2D eigenvalue weighted by molar-refractivity contribution is 9.10. The summed E-state index contributed by atoms with van der Waals surface area (Å²) in [5, 5.41) is 5.58. The molecular weight excluding hydrogens is 306 g/mol. The standard InChI is InChI=1S/C14H20BrN3O/c1-2-12(16)5-3-4-10-17-14(19)18-13-8-6-11(15)7-9-13/h2,6-9,12H,1,3-5,10,16H2,(H2,17,18,19). The molecule has 4 nitrogen and oxygen atoms in total. The Bertz CT molecular complexity index is 406. The van der Waals surface area contributed by atoms with Crippen LogP contribution in [0, 0.1) is 0 Å². The number of urea groups is 1. The second-order valence-corrected chi connectivity index (χ2v) is 5.20. The van der Waals surface area contributed by atoms with Crippen molar-refractivity contribution in [3.63, 3.8) is 0 Å². The summed E-state index contributed by atoms with van der Waals surface area (Å²) < 4.78 is 0.983. The number of carbonyl (C=O) groups excluding carboxylic acids is 1. The highest BCUT2D eigenvalue weighted by atomic mass is 79.9. The lowest BCUT2D eigenvalue weighted by molar-refractivity contribution is 0.252. The normalized spacial score (nSPS) is 11.7. The molecule has 104 valence electrons. The highest BCUT2D eigenvalue weighted by Gasteiger charge is 2.01. The summed E-state index contributed by atoms with van der Waals surface area (Å²) in [6.45, 7) is 4.28. The lowest BCUT2D eigenvalue weighted by atomic mass is 10.1. The Morgan fingerprint density at radius 2 is 2.05 bits per heavy atom. The van der Waals surface area contributed by atoms with Crippen molar-refractivity contribution in [2.75, 3.05) is 11.9 Å². The van der Waals surface area contributed by atoms with Crippen LogP contribution in [0.3, 0.4) is 0 Å². The molecule has 0 saturated carbocycles. The van der Waals surface area contributed by atoms with Gasteiger partial charge in [-0.1, -0.05) is 22.0 Å².